The Morgan fingerprint density at radius 1 is 1.39 bits per heavy atom. The lowest BCUT2D eigenvalue weighted by atomic mass is 10.3. The monoisotopic (exact) mass is 330 g/mol. The highest BCUT2D eigenvalue weighted by atomic mass is 32.1. The number of carbonyl (C=O) groups is 1. The zero-order valence-corrected chi connectivity index (χ0v) is 13.9. The highest BCUT2D eigenvalue weighted by molar-refractivity contribution is 7.14. The molecule has 0 fully saturated rings. The van der Waals surface area contributed by atoms with Gasteiger partial charge in [0, 0.05) is 19.4 Å². The van der Waals surface area contributed by atoms with E-state index in [0.29, 0.717) is 24.8 Å². The zero-order chi connectivity index (χ0) is 16.2. The van der Waals surface area contributed by atoms with Crippen LogP contribution >= 0.6 is 11.3 Å². The molecule has 6 nitrogen and oxygen atoms in total. The third-order valence-corrected chi connectivity index (χ3v) is 4.44. The number of anilines is 1. The molecule has 0 unspecified atom stereocenters. The van der Waals surface area contributed by atoms with E-state index in [2.05, 4.69) is 14.5 Å². The fourth-order valence-corrected chi connectivity index (χ4v) is 3.26. The Hall–Kier alpha value is -2.25. The fourth-order valence-electron chi connectivity index (χ4n) is 2.37. The Kier molecular flexibility index (Phi) is 4.68. The average Bonchev–Trinajstić information content (AvgIpc) is 3.16. The number of para-hydroxylation sites is 2. The molecule has 2 aromatic heterocycles. The molecule has 0 spiro atoms. The quantitative estimate of drug-likeness (QED) is 0.697. The molecule has 0 bridgehead atoms. The van der Waals surface area contributed by atoms with Crippen LogP contribution in [0.15, 0.2) is 36.0 Å². The van der Waals surface area contributed by atoms with Crippen molar-refractivity contribution in [1.82, 2.24) is 14.5 Å². The number of aromatic nitrogens is 3. The first-order valence-electron chi connectivity index (χ1n) is 7.30. The number of carbonyl (C=O) groups excluding carboxylic acids is 1. The van der Waals surface area contributed by atoms with Crippen LogP contribution in [0, 0.1) is 0 Å². The summed E-state index contributed by atoms with van der Waals surface area (Å²) in [6.07, 6.45) is 1.82. The summed E-state index contributed by atoms with van der Waals surface area (Å²) in [5.74, 6) is -0.0315. The number of hydrogen-bond acceptors (Lipinski definition) is 5. The maximum atomic E-state index is 11.8. The van der Waals surface area contributed by atoms with E-state index in [-0.39, 0.29) is 5.91 Å². The summed E-state index contributed by atoms with van der Waals surface area (Å²) >= 11 is 1.47. The summed E-state index contributed by atoms with van der Waals surface area (Å²) in [6.45, 7) is 3.17. The van der Waals surface area contributed by atoms with Crippen molar-refractivity contribution in [3.05, 3.63) is 41.7 Å². The molecule has 0 radical (unpaired) electrons. The van der Waals surface area contributed by atoms with Gasteiger partial charge in [0.2, 0.25) is 5.91 Å². The van der Waals surface area contributed by atoms with Crippen molar-refractivity contribution < 1.29 is 9.53 Å². The van der Waals surface area contributed by atoms with Gasteiger partial charge in [-0.25, -0.2) is 9.97 Å². The molecule has 0 aliphatic heterocycles. The van der Waals surface area contributed by atoms with Gasteiger partial charge in [-0.05, 0) is 12.1 Å². The number of nitrogens with zero attached hydrogens (tertiary/aromatic N) is 4. The number of methoxy groups -OCH3 is 1. The van der Waals surface area contributed by atoms with E-state index in [9.17, 15) is 4.79 Å². The molecule has 0 saturated carbocycles. The van der Waals surface area contributed by atoms with Gasteiger partial charge in [-0.2, -0.15) is 0 Å². The van der Waals surface area contributed by atoms with Crippen molar-refractivity contribution in [3.8, 4) is 0 Å². The second-order valence-corrected chi connectivity index (χ2v) is 5.98. The summed E-state index contributed by atoms with van der Waals surface area (Å²) in [5.41, 5.74) is 2.95. The Balaban J connectivity index is 1.80. The number of ether oxygens (including phenoxy) is 1. The number of benzene rings is 1. The minimum Gasteiger partial charge on any atom is -0.383 e. The zero-order valence-electron chi connectivity index (χ0n) is 13.1. The topological polar surface area (TPSA) is 60.2 Å². The summed E-state index contributed by atoms with van der Waals surface area (Å²) in [7, 11) is 1.62. The molecule has 1 amide bonds. The molecule has 3 rings (SSSR count). The smallest absolute Gasteiger partial charge is 0.225 e. The standard InChI is InChI=1S/C16H18N4O2S/c1-12(21)20(7-8-22-2)16-18-13(10-23-16)9-19-11-17-14-5-3-4-6-15(14)19/h3-6,10-11H,7-9H2,1-2H3. The normalized spacial score (nSPS) is 11.0. The number of thiazole rings is 1. The van der Waals surface area contributed by atoms with Crippen molar-refractivity contribution in [1.29, 1.82) is 0 Å². The number of imidazole rings is 1. The molecule has 0 saturated heterocycles. The van der Waals surface area contributed by atoms with E-state index in [1.165, 1.54) is 11.3 Å². The number of rotatable bonds is 6. The van der Waals surface area contributed by atoms with Crippen LogP contribution in [0.4, 0.5) is 5.13 Å². The van der Waals surface area contributed by atoms with Gasteiger partial charge in [-0.1, -0.05) is 12.1 Å². The van der Waals surface area contributed by atoms with Crippen molar-refractivity contribution in [2.24, 2.45) is 0 Å². The van der Waals surface area contributed by atoms with Crippen LogP contribution < -0.4 is 4.90 Å². The summed E-state index contributed by atoms with van der Waals surface area (Å²) in [5, 5.41) is 2.68. The Labute approximate surface area is 138 Å². The van der Waals surface area contributed by atoms with Gasteiger partial charge >= 0.3 is 0 Å². The molecule has 0 atom stereocenters. The van der Waals surface area contributed by atoms with Gasteiger partial charge in [0.15, 0.2) is 5.13 Å². The molecule has 0 aliphatic rings. The van der Waals surface area contributed by atoms with E-state index < -0.39 is 0 Å². The minimum atomic E-state index is -0.0315. The molecule has 1 aromatic carbocycles. The van der Waals surface area contributed by atoms with Crippen LogP contribution in [0.1, 0.15) is 12.6 Å². The van der Waals surface area contributed by atoms with E-state index in [4.69, 9.17) is 4.74 Å². The van der Waals surface area contributed by atoms with Gasteiger partial charge in [0.1, 0.15) is 0 Å². The first kappa shape index (κ1) is 15.6. The summed E-state index contributed by atoms with van der Waals surface area (Å²) in [4.78, 5) is 22.4. The summed E-state index contributed by atoms with van der Waals surface area (Å²) in [6, 6.07) is 7.99. The molecule has 120 valence electrons. The van der Waals surface area contributed by atoms with Crippen molar-refractivity contribution in [3.63, 3.8) is 0 Å². The number of amides is 1. The van der Waals surface area contributed by atoms with Crippen LogP contribution in [0.2, 0.25) is 0 Å². The van der Waals surface area contributed by atoms with Crippen molar-refractivity contribution in [2.45, 2.75) is 13.5 Å². The second-order valence-electron chi connectivity index (χ2n) is 5.15. The lowest BCUT2D eigenvalue weighted by Gasteiger charge is -2.16. The second kappa shape index (κ2) is 6.89. The number of hydrogen-bond donors (Lipinski definition) is 0. The molecule has 3 aromatic rings. The average molecular weight is 330 g/mol. The van der Waals surface area contributed by atoms with Crippen LogP contribution in [-0.4, -0.2) is 40.7 Å². The Bertz CT molecular complexity index is 811. The SMILES string of the molecule is COCCN(C(C)=O)c1nc(Cn2cnc3ccccc32)cs1. The first-order chi connectivity index (χ1) is 11.2. The van der Waals surface area contributed by atoms with Gasteiger partial charge in [0.25, 0.3) is 0 Å². The highest BCUT2D eigenvalue weighted by Crippen LogP contribution is 2.22. The molecule has 23 heavy (non-hydrogen) atoms. The van der Waals surface area contributed by atoms with E-state index in [1.807, 2.05) is 36.0 Å². The van der Waals surface area contributed by atoms with Crippen LogP contribution in [0.5, 0.6) is 0 Å². The van der Waals surface area contributed by atoms with Gasteiger partial charge in [-0.3, -0.25) is 9.69 Å². The molecular weight excluding hydrogens is 312 g/mol. The van der Waals surface area contributed by atoms with Gasteiger partial charge in [-0.15, -0.1) is 11.3 Å². The predicted octanol–water partition coefficient (Wildman–Crippen LogP) is 2.54. The maximum absolute atomic E-state index is 11.8. The molecule has 7 heteroatoms. The van der Waals surface area contributed by atoms with Crippen molar-refractivity contribution in [2.75, 3.05) is 25.2 Å². The largest absolute Gasteiger partial charge is 0.383 e. The highest BCUT2D eigenvalue weighted by Gasteiger charge is 2.15. The minimum absolute atomic E-state index is 0.0315. The summed E-state index contributed by atoms with van der Waals surface area (Å²) < 4.78 is 7.11. The molecular formula is C16H18N4O2S. The third kappa shape index (κ3) is 3.40. The third-order valence-electron chi connectivity index (χ3n) is 3.53. The van der Waals surface area contributed by atoms with E-state index in [0.717, 1.165) is 16.7 Å². The Morgan fingerprint density at radius 3 is 3.00 bits per heavy atom. The lowest BCUT2D eigenvalue weighted by Crippen LogP contribution is -2.31. The first-order valence-corrected chi connectivity index (χ1v) is 8.18. The Morgan fingerprint density at radius 2 is 2.22 bits per heavy atom. The van der Waals surface area contributed by atoms with Crippen LogP contribution in [0.3, 0.4) is 0 Å². The predicted molar refractivity (Wildman–Crippen MR) is 90.9 cm³/mol. The van der Waals surface area contributed by atoms with E-state index in [1.54, 1.807) is 18.9 Å². The van der Waals surface area contributed by atoms with E-state index >= 15 is 0 Å². The molecule has 0 aliphatic carbocycles. The lowest BCUT2D eigenvalue weighted by molar-refractivity contribution is -0.116. The fraction of sp³-hybridized carbons (Fsp3) is 0.312. The molecule has 2 heterocycles. The maximum Gasteiger partial charge on any atom is 0.225 e. The van der Waals surface area contributed by atoms with Gasteiger partial charge in [0.05, 0.1) is 42.8 Å². The van der Waals surface area contributed by atoms with Crippen LogP contribution in [0.25, 0.3) is 11.0 Å². The van der Waals surface area contributed by atoms with Crippen LogP contribution in [-0.2, 0) is 16.1 Å². The molecule has 0 N–H and O–H groups in total. The van der Waals surface area contributed by atoms with Crippen molar-refractivity contribution >= 4 is 33.4 Å². The van der Waals surface area contributed by atoms with Gasteiger partial charge < -0.3 is 9.30 Å². The number of fused-ring (bicyclic) bond motifs is 1.